The molecule has 0 amide bonds. The Labute approximate surface area is 214 Å². The van der Waals surface area contributed by atoms with E-state index in [1.807, 2.05) is 4.57 Å². The van der Waals surface area contributed by atoms with Crippen LogP contribution in [0.3, 0.4) is 0 Å². The molecule has 3 N–H and O–H groups in total. The van der Waals surface area contributed by atoms with Crippen LogP contribution in [0.1, 0.15) is 46.9 Å². The number of aliphatic hydroxyl groups excluding tert-OH is 1. The topological polar surface area (TPSA) is 108 Å². The van der Waals surface area contributed by atoms with E-state index >= 15 is 0 Å². The number of anilines is 1. The average molecular weight is 546 g/mol. The maximum absolute atomic E-state index is 10.4. The quantitative estimate of drug-likeness (QED) is 0.364. The molecule has 12 heteroatoms. The molecule has 2 aromatic rings. The molecule has 0 aromatic carbocycles. The van der Waals surface area contributed by atoms with Crippen LogP contribution in [0.25, 0.3) is 11.2 Å². The van der Waals surface area contributed by atoms with Crippen molar-refractivity contribution >= 4 is 57.0 Å². The molecule has 1 saturated heterocycles. The number of nitrogens with two attached hydrogens (primary N) is 1. The highest BCUT2D eigenvalue weighted by Crippen LogP contribution is 2.51. The lowest BCUT2D eigenvalue weighted by atomic mass is 10.1. The molecule has 34 heavy (non-hydrogen) atoms. The van der Waals surface area contributed by atoms with Gasteiger partial charge in [-0.1, -0.05) is 41.5 Å². The zero-order valence-electron chi connectivity index (χ0n) is 22.0. The summed E-state index contributed by atoms with van der Waals surface area (Å²) in [6.45, 7) is 22.3. The fourth-order valence-electron chi connectivity index (χ4n) is 3.48. The number of nitrogens with zero attached hydrogens (tertiary/aromatic N) is 4. The molecule has 8 nitrogen and oxygen atoms in total. The van der Waals surface area contributed by atoms with Gasteiger partial charge in [0, 0.05) is 0 Å². The monoisotopic (exact) mass is 545 g/mol. The number of nitrogen functional groups attached to an aromatic ring is 1. The van der Waals surface area contributed by atoms with Gasteiger partial charge in [0.05, 0.1) is 24.3 Å². The van der Waals surface area contributed by atoms with Crippen LogP contribution in [0.5, 0.6) is 0 Å². The molecule has 4 atom stereocenters. The minimum absolute atomic E-state index is 0.00789. The SMILES string of the molecule is CC(C)(C)[Si](C)(C)OC1C(CO)SC(n2cnc3c(N)nc(Cl)nc32)C1O[Si](C)(C)C(C)(C)C. The van der Waals surface area contributed by atoms with Crippen molar-refractivity contribution in [2.45, 2.75) is 101 Å². The number of thioether (sulfide) groups is 1. The van der Waals surface area contributed by atoms with Gasteiger partial charge >= 0.3 is 0 Å². The van der Waals surface area contributed by atoms with E-state index in [9.17, 15) is 5.11 Å². The number of fused-ring (bicyclic) bond motifs is 1. The van der Waals surface area contributed by atoms with Crippen LogP contribution in [0, 0.1) is 0 Å². The van der Waals surface area contributed by atoms with E-state index in [0.717, 1.165) is 0 Å². The highest BCUT2D eigenvalue weighted by Gasteiger charge is 2.54. The van der Waals surface area contributed by atoms with Crippen LogP contribution in [-0.2, 0) is 8.85 Å². The van der Waals surface area contributed by atoms with Crippen molar-refractivity contribution in [3.05, 3.63) is 11.6 Å². The summed E-state index contributed by atoms with van der Waals surface area (Å²) in [5.74, 6) is 0.242. The van der Waals surface area contributed by atoms with Gasteiger partial charge in [-0.2, -0.15) is 9.97 Å². The molecule has 3 rings (SSSR count). The Kier molecular flexibility index (Phi) is 7.64. The van der Waals surface area contributed by atoms with E-state index in [0.29, 0.717) is 11.2 Å². The molecule has 1 aliphatic rings. The first-order valence-electron chi connectivity index (χ1n) is 11.7. The molecule has 0 spiro atoms. The fourth-order valence-corrected chi connectivity index (χ4v) is 7.94. The van der Waals surface area contributed by atoms with E-state index in [1.54, 1.807) is 18.1 Å². The fraction of sp³-hybridized carbons (Fsp3) is 0.773. The van der Waals surface area contributed by atoms with Crippen molar-refractivity contribution in [2.75, 3.05) is 12.3 Å². The molecular weight excluding hydrogens is 506 g/mol. The summed E-state index contributed by atoms with van der Waals surface area (Å²) in [6, 6.07) is 0. The highest BCUT2D eigenvalue weighted by molar-refractivity contribution is 8.00. The van der Waals surface area contributed by atoms with Gasteiger partial charge in [-0.3, -0.25) is 4.57 Å². The third-order valence-corrected chi connectivity index (χ3v) is 18.3. The average Bonchev–Trinajstić information content (AvgIpc) is 3.21. The normalized spacial score (nSPS) is 24.8. The van der Waals surface area contributed by atoms with Crippen LogP contribution >= 0.6 is 23.4 Å². The Bertz CT molecular complexity index is 1040. The molecule has 3 heterocycles. The molecule has 1 fully saturated rings. The van der Waals surface area contributed by atoms with Crippen LogP contribution < -0.4 is 5.73 Å². The number of halogens is 1. The predicted molar refractivity (Wildman–Crippen MR) is 146 cm³/mol. The second-order valence-corrected chi connectivity index (χ2v) is 23.3. The summed E-state index contributed by atoms with van der Waals surface area (Å²) in [6.07, 6.45) is 1.14. The van der Waals surface area contributed by atoms with Gasteiger partial charge in [-0.05, 0) is 47.9 Å². The lowest BCUT2D eigenvalue weighted by Crippen LogP contribution is -2.53. The number of aromatic nitrogens is 4. The lowest BCUT2D eigenvalue weighted by molar-refractivity contribution is 0.0260. The zero-order chi connectivity index (χ0) is 25.9. The van der Waals surface area contributed by atoms with Crippen molar-refractivity contribution < 1.29 is 14.0 Å². The molecular formula is C22H40ClN5O3SSi2. The van der Waals surface area contributed by atoms with Gasteiger partial charge in [0.15, 0.2) is 28.1 Å². The maximum Gasteiger partial charge on any atom is 0.226 e. The van der Waals surface area contributed by atoms with Crippen molar-refractivity contribution in [2.24, 2.45) is 0 Å². The van der Waals surface area contributed by atoms with Crippen molar-refractivity contribution in [1.82, 2.24) is 19.5 Å². The second-order valence-electron chi connectivity index (χ2n) is 12.1. The molecule has 1 aliphatic heterocycles. The Morgan fingerprint density at radius 3 is 2.06 bits per heavy atom. The first-order chi connectivity index (χ1) is 15.4. The molecule has 192 valence electrons. The molecule has 0 bridgehead atoms. The van der Waals surface area contributed by atoms with Gasteiger partial charge in [-0.15, -0.1) is 11.8 Å². The Hall–Kier alpha value is -0.696. The Morgan fingerprint density at radius 1 is 1.03 bits per heavy atom. The van der Waals surface area contributed by atoms with Gasteiger partial charge in [0.25, 0.3) is 0 Å². The Morgan fingerprint density at radius 2 is 1.56 bits per heavy atom. The second kappa shape index (κ2) is 9.31. The number of imidazole rings is 1. The van der Waals surface area contributed by atoms with E-state index in [2.05, 4.69) is 82.7 Å². The standard InChI is InChI=1S/C22H40ClN5O3SSi2/c1-21(2,3)33(7,8)30-15-13(11-29)32-19(16(15)31-34(9,10)22(4,5)6)28-12-25-14-17(24)26-20(23)27-18(14)28/h12-13,15-16,19,29H,11H2,1-10H3,(H2,24,26,27). The van der Waals surface area contributed by atoms with Crippen LogP contribution in [-0.4, -0.2) is 65.3 Å². The number of rotatable bonds is 6. The summed E-state index contributed by atoms with van der Waals surface area (Å²) in [5.41, 5.74) is 7.14. The van der Waals surface area contributed by atoms with E-state index < -0.39 is 16.6 Å². The van der Waals surface area contributed by atoms with Crippen molar-refractivity contribution in [1.29, 1.82) is 0 Å². The predicted octanol–water partition coefficient (Wildman–Crippen LogP) is 5.45. The lowest BCUT2D eigenvalue weighted by Gasteiger charge is -2.44. The first kappa shape index (κ1) is 27.9. The van der Waals surface area contributed by atoms with Gasteiger partial charge in [0.2, 0.25) is 5.28 Å². The van der Waals surface area contributed by atoms with Crippen LogP contribution in [0.2, 0.25) is 41.5 Å². The number of hydrogen-bond donors (Lipinski definition) is 2. The molecule has 0 aliphatic carbocycles. The highest BCUT2D eigenvalue weighted by atomic mass is 35.5. The van der Waals surface area contributed by atoms with Crippen molar-refractivity contribution in [3.8, 4) is 0 Å². The third kappa shape index (κ3) is 5.21. The summed E-state index contributed by atoms with van der Waals surface area (Å²) in [4.78, 5) is 12.9. The first-order valence-corrected chi connectivity index (χ1v) is 18.8. The summed E-state index contributed by atoms with van der Waals surface area (Å²) in [5, 5.41) is 10.1. The molecule has 2 aromatic heterocycles. The minimum atomic E-state index is -2.20. The number of aliphatic hydroxyl groups is 1. The van der Waals surface area contributed by atoms with E-state index in [-0.39, 0.29) is 50.6 Å². The minimum Gasteiger partial charge on any atom is -0.410 e. The van der Waals surface area contributed by atoms with E-state index in [1.165, 1.54) is 0 Å². The zero-order valence-corrected chi connectivity index (χ0v) is 25.6. The van der Waals surface area contributed by atoms with Crippen molar-refractivity contribution in [3.63, 3.8) is 0 Å². The molecule has 4 unspecified atom stereocenters. The van der Waals surface area contributed by atoms with Gasteiger partial charge in [-0.25, -0.2) is 4.98 Å². The summed E-state index contributed by atoms with van der Waals surface area (Å²) < 4.78 is 16.0. The molecule has 0 saturated carbocycles. The number of hydrogen-bond acceptors (Lipinski definition) is 8. The third-order valence-electron chi connectivity index (χ3n) is 7.63. The van der Waals surface area contributed by atoms with E-state index in [4.69, 9.17) is 26.2 Å². The largest absolute Gasteiger partial charge is 0.410 e. The summed E-state index contributed by atoms with van der Waals surface area (Å²) >= 11 is 7.79. The smallest absolute Gasteiger partial charge is 0.226 e. The Balaban J connectivity index is 2.13. The maximum atomic E-state index is 10.4. The van der Waals surface area contributed by atoms with Gasteiger partial charge < -0.3 is 19.7 Å². The molecule has 0 radical (unpaired) electrons. The van der Waals surface area contributed by atoms with Crippen LogP contribution in [0.4, 0.5) is 5.82 Å². The summed E-state index contributed by atoms with van der Waals surface area (Å²) in [7, 11) is -4.35. The van der Waals surface area contributed by atoms with Gasteiger partial charge in [0.1, 0.15) is 17.0 Å². The van der Waals surface area contributed by atoms with Crippen LogP contribution in [0.15, 0.2) is 6.33 Å².